The molecule has 308 valence electrons. The molecule has 7 heterocycles. The van der Waals surface area contributed by atoms with Crippen molar-refractivity contribution in [3.63, 3.8) is 0 Å². The maximum absolute atomic E-state index is 11.1. The van der Waals surface area contributed by atoms with Crippen LogP contribution in [0.5, 0.6) is 0 Å². The summed E-state index contributed by atoms with van der Waals surface area (Å²) >= 11 is 10.0. The van der Waals surface area contributed by atoms with Gasteiger partial charge in [-0.15, -0.1) is 0 Å². The second kappa shape index (κ2) is 30.2. The summed E-state index contributed by atoms with van der Waals surface area (Å²) in [6.45, 7) is 2.00. The molecular formula is C37H48BClN6O9S3. The van der Waals surface area contributed by atoms with Crippen LogP contribution in [0.1, 0.15) is 74.0 Å². The van der Waals surface area contributed by atoms with E-state index in [4.69, 9.17) is 31.5 Å². The van der Waals surface area contributed by atoms with Crippen molar-refractivity contribution in [2.75, 3.05) is 27.4 Å². The van der Waals surface area contributed by atoms with Gasteiger partial charge in [0.15, 0.2) is 17.1 Å². The molecule has 0 unspecified atom stereocenters. The summed E-state index contributed by atoms with van der Waals surface area (Å²) in [5, 5.41) is 37.1. The van der Waals surface area contributed by atoms with E-state index in [0.717, 1.165) is 30.0 Å². The highest BCUT2D eigenvalue weighted by atomic mass is 35.5. The van der Waals surface area contributed by atoms with Gasteiger partial charge in [0.25, 0.3) is 0 Å². The third-order valence-electron chi connectivity index (χ3n) is 6.23. The molecule has 1 aliphatic rings. The van der Waals surface area contributed by atoms with E-state index in [-0.39, 0.29) is 51.9 Å². The van der Waals surface area contributed by atoms with E-state index in [1.807, 2.05) is 33.7 Å². The number of nitrogens with zero attached hydrogens (tertiary/aromatic N) is 6. The molecule has 7 rings (SSSR count). The van der Waals surface area contributed by atoms with Gasteiger partial charge in [-0.1, -0.05) is 47.4 Å². The lowest BCUT2D eigenvalue weighted by atomic mass is 9.83. The normalized spacial score (nSPS) is 10.3. The molecule has 0 saturated carbocycles. The van der Waals surface area contributed by atoms with Gasteiger partial charge in [0.1, 0.15) is 5.15 Å². The summed E-state index contributed by atoms with van der Waals surface area (Å²) < 4.78 is 13.9. The molecule has 0 bridgehead atoms. The Bertz CT molecular complexity index is 1910. The van der Waals surface area contributed by atoms with E-state index < -0.39 is 25.0 Å². The number of carboxylic acid groups (broad SMARTS) is 1. The van der Waals surface area contributed by atoms with E-state index in [0.29, 0.717) is 11.2 Å². The molecule has 57 heavy (non-hydrogen) atoms. The molecule has 0 spiro atoms. The molecule has 6 aromatic rings. The average Bonchev–Trinajstić information content (AvgIpc) is 4.04. The Kier molecular flexibility index (Phi) is 28.6. The standard InChI is InChI=1S/C10H8N2O2S.C9H6N2O2S.C6H5ClN2O2.C4H5BO2S.C4H8O.4CH4/c1-14-10(13)9-5-11-8(4-12-9)7-2-3-15-6-7;12-9(13)8-4-10-7(3-11-8)6-1-2-14-5-6;1-11-6(10)4-2-9-5(7)3-8-4;6-5(7)4-1-2-8-3-4;1-2-4-5-3-1;;;;/h2-6H,1H3;1-5H,(H,12,13);2-3H,1H3;1-3,6-7H;1-4H2;4*1H4. The number of carboxylic acids is 1. The third-order valence-corrected chi connectivity index (χ3v) is 8.50. The van der Waals surface area contributed by atoms with Crippen LogP contribution in [0.2, 0.25) is 5.15 Å². The molecule has 0 aromatic carbocycles. The molecule has 0 atom stereocenters. The zero-order valence-corrected chi connectivity index (χ0v) is 31.3. The van der Waals surface area contributed by atoms with Crippen LogP contribution in [0.15, 0.2) is 87.7 Å². The van der Waals surface area contributed by atoms with Crippen LogP contribution in [-0.4, -0.2) is 97.5 Å². The van der Waals surface area contributed by atoms with Crippen LogP contribution in [0.25, 0.3) is 22.5 Å². The molecule has 20 heteroatoms. The number of rotatable bonds is 6. The Morgan fingerprint density at radius 1 is 0.649 bits per heavy atom. The van der Waals surface area contributed by atoms with E-state index in [2.05, 4.69) is 39.4 Å². The van der Waals surface area contributed by atoms with Crippen LogP contribution in [0, 0.1) is 0 Å². The van der Waals surface area contributed by atoms with Gasteiger partial charge in [-0.3, -0.25) is 9.97 Å². The van der Waals surface area contributed by atoms with Crippen molar-refractivity contribution in [1.29, 1.82) is 0 Å². The lowest BCUT2D eigenvalue weighted by Crippen LogP contribution is -2.27. The SMILES string of the molecule is C.C.C.C.C1CCOC1.COC(=O)c1cnc(-c2ccsc2)cn1.COC(=O)c1cnc(Cl)cn1.O=C(O)c1cnc(-c2ccsc2)cn1.OB(O)c1ccsc1. The van der Waals surface area contributed by atoms with Gasteiger partial charge in [-0.25, -0.2) is 34.3 Å². The van der Waals surface area contributed by atoms with Crippen LogP contribution >= 0.6 is 45.6 Å². The van der Waals surface area contributed by atoms with E-state index in [1.165, 1.54) is 69.4 Å². The summed E-state index contributed by atoms with van der Waals surface area (Å²) in [7, 11) is 1.29. The maximum atomic E-state index is 11.1. The van der Waals surface area contributed by atoms with Gasteiger partial charge < -0.3 is 29.4 Å². The Hall–Kier alpha value is -5.02. The fraction of sp³-hybridized carbons (Fsp3) is 0.270. The van der Waals surface area contributed by atoms with Gasteiger partial charge in [0.05, 0.1) is 62.8 Å². The van der Waals surface area contributed by atoms with Crippen molar-refractivity contribution in [2.45, 2.75) is 42.5 Å². The summed E-state index contributed by atoms with van der Waals surface area (Å²) in [5.41, 5.74) is 4.30. The molecule has 3 N–H and O–H groups in total. The minimum Gasteiger partial charge on any atom is -0.476 e. The zero-order chi connectivity index (χ0) is 38.4. The first-order valence-electron chi connectivity index (χ1n) is 15.2. The Morgan fingerprint density at radius 3 is 1.37 bits per heavy atom. The number of thiophene rings is 3. The van der Waals surface area contributed by atoms with Gasteiger partial charge >= 0.3 is 25.0 Å². The monoisotopic (exact) mass is 862 g/mol. The lowest BCUT2D eigenvalue weighted by molar-refractivity contribution is 0.0584. The molecule has 1 aliphatic heterocycles. The molecule has 15 nitrogen and oxygen atoms in total. The number of hydrogen-bond acceptors (Lipinski definition) is 17. The fourth-order valence-electron chi connectivity index (χ4n) is 3.55. The summed E-state index contributed by atoms with van der Waals surface area (Å²) in [6.07, 6.45) is 10.8. The highest BCUT2D eigenvalue weighted by Crippen LogP contribution is 2.19. The van der Waals surface area contributed by atoms with Crippen LogP contribution in [0.4, 0.5) is 0 Å². The van der Waals surface area contributed by atoms with Gasteiger partial charge in [-0.2, -0.15) is 34.0 Å². The second-order valence-electron chi connectivity index (χ2n) is 9.86. The number of halogens is 1. The van der Waals surface area contributed by atoms with E-state index in [9.17, 15) is 14.4 Å². The van der Waals surface area contributed by atoms with Crippen molar-refractivity contribution < 1.29 is 43.7 Å². The van der Waals surface area contributed by atoms with Gasteiger partial charge in [0, 0.05) is 35.1 Å². The molecule has 1 saturated heterocycles. The van der Waals surface area contributed by atoms with Crippen molar-refractivity contribution in [1.82, 2.24) is 29.9 Å². The predicted molar refractivity (Wildman–Crippen MR) is 228 cm³/mol. The Balaban J connectivity index is 0. The number of methoxy groups -OCH3 is 2. The van der Waals surface area contributed by atoms with Crippen molar-refractivity contribution in [3.05, 3.63) is 110 Å². The van der Waals surface area contributed by atoms with Crippen molar-refractivity contribution in [2.24, 2.45) is 0 Å². The number of carbonyl (C=O) groups is 3. The first-order valence-corrected chi connectivity index (χ1v) is 18.4. The van der Waals surface area contributed by atoms with Crippen LogP contribution < -0.4 is 5.46 Å². The Morgan fingerprint density at radius 2 is 1.09 bits per heavy atom. The average molecular weight is 863 g/mol. The molecular weight excluding hydrogens is 815 g/mol. The second-order valence-corrected chi connectivity index (χ2v) is 12.6. The third kappa shape index (κ3) is 19.6. The van der Waals surface area contributed by atoms with Crippen molar-refractivity contribution >= 4 is 76.1 Å². The molecule has 0 aliphatic carbocycles. The fourth-order valence-corrected chi connectivity index (χ4v) is 5.62. The maximum Gasteiger partial charge on any atom is 0.489 e. The molecule has 0 radical (unpaired) electrons. The number of carbonyl (C=O) groups excluding carboxylic acids is 2. The number of aromatic nitrogens is 6. The number of hydrogen-bond donors (Lipinski definition) is 3. The van der Waals surface area contributed by atoms with Crippen LogP contribution in [0.3, 0.4) is 0 Å². The van der Waals surface area contributed by atoms with E-state index >= 15 is 0 Å². The largest absolute Gasteiger partial charge is 0.489 e. The smallest absolute Gasteiger partial charge is 0.476 e. The first-order chi connectivity index (χ1) is 25.6. The number of esters is 2. The zero-order valence-electron chi connectivity index (χ0n) is 28.1. The highest BCUT2D eigenvalue weighted by molar-refractivity contribution is 7.09. The Labute approximate surface area is 350 Å². The minimum absolute atomic E-state index is 0. The summed E-state index contributed by atoms with van der Waals surface area (Å²) in [5.74, 6) is -2.05. The quantitative estimate of drug-likeness (QED) is 0.109. The first kappa shape index (κ1) is 54.1. The summed E-state index contributed by atoms with van der Waals surface area (Å²) in [6, 6.07) is 5.54. The molecule has 6 aromatic heterocycles. The predicted octanol–water partition coefficient (Wildman–Crippen LogP) is 7.58. The van der Waals surface area contributed by atoms with Gasteiger partial charge in [0.2, 0.25) is 0 Å². The molecule has 1 fully saturated rings. The topological polar surface area (TPSA) is 217 Å². The van der Waals surface area contributed by atoms with Crippen molar-refractivity contribution in [3.8, 4) is 22.5 Å². The lowest BCUT2D eigenvalue weighted by Gasteiger charge is -1.99. The summed E-state index contributed by atoms with van der Waals surface area (Å²) in [4.78, 5) is 55.6. The number of ether oxygens (including phenoxy) is 3. The van der Waals surface area contributed by atoms with Gasteiger partial charge in [-0.05, 0) is 52.0 Å². The molecule has 0 amide bonds. The van der Waals surface area contributed by atoms with E-state index in [1.54, 1.807) is 45.7 Å². The number of aromatic carboxylic acids is 1. The minimum atomic E-state index is -1.30. The van der Waals surface area contributed by atoms with Crippen LogP contribution in [-0.2, 0) is 14.2 Å². The highest BCUT2D eigenvalue weighted by Gasteiger charge is 2.10.